The van der Waals surface area contributed by atoms with Crippen LogP contribution in [-0.2, 0) is 9.59 Å². The van der Waals surface area contributed by atoms with Crippen LogP contribution in [0.15, 0.2) is 52.3 Å². The van der Waals surface area contributed by atoms with Gasteiger partial charge in [-0.1, -0.05) is 30.0 Å². The van der Waals surface area contributed by atoms with Crippen LogP contribution >= 0.6 is 11.8 Å². The molecule has 4 rings (SSSR count). The van der Waals surface area contributed by atoms with Crippen molar-refractivity contribution in [3.05, 3.63) is 42.5 Å². The molecule has 0 aromatic heterocycles. The molecule has 2 aliphatic rings. The van der Waals surface area contributed by atoms with Crippen molar-refractivity contribution in [2.45, 2.75) is 16.2 Å². The van der Waals surface area contributed by atoms with E-state index in [1.165, 1.54) is 11.8 Å². The van der Waals surface area contributed by atoms with E-state index in [-0.39, 0.29) is 5.91 Å². The number of aliphatic carboxylic acids is 1. The highest BCUT2D eigenvalue weighted by Crippen LogP contribution is 2.44. The summed E-state index contributed by atoms with van der Waals surface area (Å²) < 4.78 is 11.2. The Morgan fingerprint density at radius 3 is 2.38 bits per heavy atom. The highest BCUT2D eigenvalue weighted by Gasteiger charge is 2.48. The van der Waals surface area contributed by atoms with Gasteiger partial charge in [0.1, 0.15) is 13.2 Å². The zero-order valence-corrected chi connectivity index (χ0v) is 14.6. The summed E-state index contributed by atoms with van der Waals surface area (Å²) in [5.74, 6) is -1.04. The van der Waals surface area contributed by atoms with Crippen molar-refractivity contribution in [1.29, 1.82) is 0 Å². The van der Waals surface area contributed by atoms with Crippen LogP contribution in [0.3, 0.4) is 0 Å². The predicted octanol–water partition coefficient (Wildman–Crippen LogP) is 3.27. The first kappa shape index (κ1) is 16.8. The fourth-order valence-electron chi connectivity index (χ4n) is 2.85. The van der Waals surface area contributed by atoms with Gasteiger partial charge in [-0.05, 0) is 18.6 Å². The van der Waals surface area contributed by atoms with Gasteiger partial charge in [-0.2, -0.15) is 0 Å². The molecule has 26 heavy (non-hydrogen) atoms. The number of ether oxygens (including phenoxy) is 2. The number of anilines is 1. The van der Waals surface area contributed by atoms with Crippen LogP contribution in [0.25, 0.3) is 0 Å². The second-order valence-electron chi connectivity index (χ2n) is 6.18. The van der Waals surface area contributed by atoms with Crippen LogP contribution in [0.1, 0.15) is 6.42 Å². The smallest absolute Gasteiger partial charge is 0.307 e. The number of fused-ring (bicyclic) bond motifs is 1. The molecule has 1 heterocycles. The van der Waals surface area contributed by atoms with Gasteiger partial charge in [-0.15, -0.1) is 0 Å². The van der Waals surface area contributed by atoms with E-state index in [1.54, 1.807) is 6.07 Å². The minimum atomic E-state index is -0.925. The number of carbonyl (C=O) groups excluding carboxylic acids is 1. The summed E-state index contributed by atoms with van der Waals surface area (Å²) in [5, 5.41) is 11.9. The molecule has 6 nitrogen and oxygen atoms in total. The molecule has 1 aliphatic carbocycles. The van der Waals surface area contributed by atoms with Gasteiger partial charge in [0.2, 0.25) is 5.91 Å². The van der Waals surface area contributed by atoms with Crippen molar-refractivity contribution < 1.29 is 24.2 Å². The highest BCUT2D eigenvalue weighted by molar-refractivity contribution is 7.99. The lowest BCUT2D eigenvalue weighted by Gasteiger charge is -2.21. The van der Waals surface area contributed by atoms with Gasteiger partial charge in [-0.25, -0.2) is 0 Å². The number of rotatable bonds is 5. The molecule has 1 saturated carbocycles. The van der Waals surface area contributed by atoms with E-state index in [0.717, 1.165) is 9.79 Å². The lowest BCUT2D eigenvalue weighted by Crippen LogP contribution is -2.19. The predicted molar refractivity (Wildman–Crippen MR) is 95.9 cm³/mol. The Morgan fingerprint density at radius 1 is 1.04 bits per heavy atom. The first-order valence-corrected chi connectivity index (χ1v) is 9.13. The number of benzene rings is 2. The molecule has 2 aromatic carbocycles. The maximum Gasteiger partial charge on any atom is 0.307 e. The summed E-state index contributed by atoms with van der Waals surface area (Å²) in [7, 11) is 0. The van der Waals surface area contributed by atoms with Crippen molar-refractivity contribution in [3.8, 4) is 11.5 Å². The molecule has 2 atom stereocenters. The molecule has 0 saturated heterocycles. The van der Waals surface area contributed by atoms with E-state index in [1.807, 2.05) is 36.4 Å². The molecule has 0 spiro atoms. The quantitative estimate of drug-likeness (QED) is 0.839. The minimum absolute atomic E-state index is 0.274. The molecule has 0 radical (unpaired) electrons. The average Bonchev–Trinajstić information content (AvgIpc) is 3.44. The van der Waals surface area contributed by atoms with Crippen LogP contribution in [0, 0.1) is 11.8 Å². The van der Waals surface area contributed by atoms with Gasteiger partial charge < -0.3 is 19.9 Å². The van der Waals surface area contributed by atoms with Gasteiger partial charge in [-0.3, -0.25) is 9.59 Å². The molecular weight excluding hydrogens is 354 g/mol. The van der Waals surface area contributed by atoms with Crippen LogP contribution in [0.5, 0.6) is 11.5 Å². The monoisotopic (exact) mass is 371 g/mol. The third-order valence-electron chi connectivity index (χ3n) is 4.32. The molecule has 1 amide bonds. The Labute approximate surface area is 154 Å². The number of hydrogen-bond acceptors (Lipinski definition) is 5. The van der Waals surface area contributed by atoms with Crippen molar-refractivity contribution in [2.75, 3.05) is 18.5 Å². The van der Waals surface area contributed by atoms with Crippen LogP contribution in [-0.4, -0.2) is 30.2 Å². The molecule has 2 unspecified atom stereocenters. The fraction of sp³-hybridized carbons (Fsp3) is 0.263. The van der Waals surface area contributed by atoms with Crippen molar-refractivity contribution in [1.82, 2.24) is 0 Å². The standard InChI is InChI=1S/C19H17NO5S/c21-18(12-8-13(12)19(22)23)20-14-9-15-16(25-7-6-24-15)10-17(14)26-11-4-2-1-3-5-11/h1-5,9-10,12-13H,6-8H2,(H,20,21)(H,22,23). The minimum Gasteiger partial charge on any atom is -0.486 e. The molecular formula is C19H17NO5S. The van der Waals surface area contributed by atoms with Crippen molar-refractivity contribution in [2.24, 2.45) is 11.8 Å². The van der Waals surface area contributed by atoms with E-state index >= 15 is 0 Å². The molecule has 1 aliphatic heterocycles. The number of nitrogens with one attached hydrogen (secondary N) is 1. The van der Waals surface area contributed by atoms with E-state index < -0.39 is 17.8 Å². The third-order valence-corrected chi connectivity index (χ3v) is 5.38. The maximum absolute atomic E-state index is 12.4. The summed E-state index contributed by atoms with van der Waals surface area (Å²) in [6, 6.07) is 13.4. The van der Waals surface area contributed by atoms with Gasteiger partial charge in [0.15, 0.2) is 11.5 Å². The summed E-state index contributed by atoms with van der Waals surface area (Å²) >= 11 is 1.50. The van der Waals surface area contributed by atoms with Crippen molar-refractivity contribution >= 4 is 29.3 Å². The first-order chi connectivity index (χ1) is 12.6. The van der Waals surface area contributed by atoms with Gasteiger partial charge >= 0.3 is 5.97 Å². The van der Waals surface area contributed by atoms with Crippen LogP contribution < -0.4 is 14.8 Å². The highest BCUT2D eigenvalue weighted by atomic mass is 32.2. The SMILES string of the molecule is O=C(O)C1CC1C(=O)Nc1cc2c(cc1Sc1ccccc1)OCCO2. The Morgan fingerprint density at radius 2 is 1.73 bits per heavy atom. The molecule has 2 aromatic rings. The zero-order chi connectivity index (χ0) is 18.1. The van der Waals surface area contributed by atoms with Gasteiger partial charge in [0.05, 0.1) is 17.5 Å². The Hall–Kier alpha value is -2.67. The number of carbonyl (C=O) groups is 2. The number of amides is 1. The van der Waals surface area contributed by atoms with Gasteiger partial charge in [0, 0.05) is 21.9 Å². The third kappa shape index (κ3) is 3.48. The molecule has 1 fully saturated rings. The van der Waals surface area contributed by atoms with Gasteiger partial charge in [0.25, 0.3) is 0 Å². The van der Waals surface area contributed by atoms with E-state index in [9.17, 15) is 9.59 Å². The van der Waals surface area contributed by atoms with Crippen LogP contribution in [0.4, 0.5) is 5.69 Å². The fourth-order valence-corrected chi connectivity index (χ4v) is 3.78. The number of hydrogen-bond donors (Lipinski definition) is 2. The Balaban J connectivity index is 1.61. The van der Waals surface area contributed by atoms with E-state index in [2.05, 4.69) is 5.32 Å². The summed E-state index contributed by atoms with van der Waals surface area (Å²) in [5.41, 5.74) is 0.601. The second-order valence-corrected chi connectivity index (χ2v) is 7.30. The molecule has 2 N–H and O–H groups in total. The number of carboxylic acid groups (broad SMARTS) is 1. The van der Waals surface area contributed by atoms with Crippen molar-refractivity contribution in [3.63, 3.8) is 0 Å². The normalized spacial score (nSPS) is 20.3. The summed E-state index contributed by atoms with van der Waals surface area (Å²) in [4.78, 5) is 25.3. The topological polar surface area (TPSA) is 84.9 Å². The van der Waals surface area contributed by atoms with Crippen LogP contribution in [0.2, 0.25) is 0 Å². The van der Waals surface area contributed by atoms with E-state index in [4.69, 9.17) is 14.6 Å². The Bertz CT molecular complexity index is 855. The molecule has 7 heteroatoms. The lowest BCUT2D eigenvalue weighted by atomic mass is 10.2. The summed E-state index contributed by atoms with van der Waals surface area (Å²) in [6.45, 7) is 0.936. The Kier molecular flexibility index (Phi) is 4.46. The molecule has 134 valence electrons. The largest absolute Gasteiger partial charge is 0.486 e. The maximum atomic E-state index is 12.4. The summed E-state index contributed by atoms with van der Waals surface area (Å²) in [6.07, 6.45) is 0.382. The number of carboxylic acids is 1. The molecule has 0 bridgehead atoms. The van der Waals surface area contributed by atoms with E-state index in [0.29, 0.717) is 36.8 Å². The first-order valence-electron chi connectivity index (χ1n) is 8.32. The zero-order valence-electron chi connectivity index (χ0n) is 13.8. The second kappa shape index (κ2) is 6.92. The lowest BCUT2D eigenvalue weighted by molar-refractivity contribution is -0.139. The average molecular weight is 371 g/mol.